The minimum atomic E-state index is -0.338. The molecule has 5 nitrogen and oxygen atoms in total. The van der Waals surface area contributed by atoms with Gasteiger partial charge in [0.1, 0.15) is 0 Å². The van der Waals surface area contributed by atoms with Gasteiger partial charge in [-0.15, -0.1) is 0 Å². The third-order valence-electron chi connectivity index (χ3n) is 3.79. The summed E-state index contributed by atoms with van der Waals surface area (Å²) < 4.78 is 0. The van der Waals surface area contributed by atoms with E-state index in [9.17, 15) is 9.59 Å². The lowest BCUT2D eigenvalue weighted by molar-refractivity contribution is 0.0951. The van der Waals surface area contributed by atoms with Crippen LogP contribution in [-0.4, -0.2) is 23.3 Å². The molecule has 6 heteroatoms. The number of aromatic nitrogens is 1. The number of rotatable bonds is 6. The van der Waals surface area contributed by atoms with Gasteiger partial charge in [0.25, 0.3) is 11.8 Å². The average Bonchev–Trinajstić information content (AvgIpc) is 2.58. The summed E-state index contributed by atoms with van der Waals surface area (Å²) in [5.74, 6) is -0.0621. The molecule has 132 valence electrons. The second kappa shape index (κ2) is 8.62. The van der Waals surface area contributed by atoms with E-state index in [-0.39, 0.29) is 11.8 Å². The normalized spacial score (nSPS) is 10.6. The molecule has 0 bridgehead atoms. The highest BCUT2D eigenvalue weighted by Crippen LogP contribution is 2.23. The number of amides is 2. The topological polar surface area (TPSA) is 71.1 Å². The molecule has 0 fully saturated rings. The van der Waals surface area contributed by atoms with Gasteiger partial charge in [-0.05, 0) is 43.0 Å². The molecule has 2 N–H and O–H groups in total. The first-order valence-electron chi connectivity index (χ1n) is 8.18. The van der Waals surface area contributed by atoms with Crippen LogP contribution in [0.4, 0.5) is 5.69 Å². The molecular formula is C19H22ClN3O2. The molecule has 0 atom stereocenters. The van der Waals surface area contributed by atoms with Crippen molar-refractivity contribution in [2.24, 2.45) is 5.92 Å². The van der Waals surface area contributed by atoms with Crippen LogP contribution in [0.1, 0.15) is 46.5 Å². The number of pyridine rings is 1. The van der Waals surface area contributed by atoms with Crippen LogP contribution in [0.5, 0.6) is 0 Å². The summed E-state index contributed by atoms with van der Waals surface area (Å²) in [5.41, 5.74) is 2.09. The smallest absolute Gasteiger partial charge is 0.257 e. The summed E-state index contributed by atoms with van der Waals surface area (Å²) in [4.78, 5) is 28.6. The Balaban J connectivity index is 2.08. The Bertz CT molecular complexity index is 775. The maximum atomic E-state index is 12.4. The predicted molar refractivity (Wildman–Crippen MR) is 100 cm³/mol. The summed E-state index contributed by atoms with van der Waals surface area (Å²) >= 11 is 6.06. The van der Waals surface area contributed by atoms with Crippen LogP contribution in [0.3, 0.4) is 0 Å². The van der Waals surface area contributed by atoms with E-state index in [0.717, 1.165) is 12.0 Å². The SMILES string of the molecule is Cc1c(Cl)cccc1NC(=O)c1cncc(C(=O)NCCC(C)C)c1. The minimum absolute atomic E-state index is 0.235. The number of anilines is 1. The van der Waals surface area contributed by atoms with Crippen LogP contribution in [0, 0.1) is 12.8 Å². The largest absolute Gasteiger partial charge is 0.352 e. The van der Waals surface area contributed by atoms with Gasteiger partial charge in [0, 0.05) is 29.6 Å². The molecule has 0 spiro atoms. The average molecular weight is 360 g/mol. The lowest BCUT2D eigenvalue weighted by Crippen LogP contribution is -2.26. The Morgan fingerprint density at radius 3 is 2.52 bits per heavy atom. The van der Waals surface area contributed by atoms with Crippen molar-refractivity contribution in [3.63, 3.8) is 0 Å². The molecule has 0 saturated heterocycles. The zero-order valence-electron chi connectivity index (χ0n) is 14.6. The van der Waals surface area contributed by atoms with Gasteiger partial charge >= 0.3 is 0 Å². The van der Waals surface area contributed by atoms with Crippen molar-refractivity contribution in [1.29, 1.82) is 0 Å². The number of hydrogen-bond donors (Lipinski definition) is 2. The van der Waals surface area contributed by atoms with Crippen molar-refractivity contribution in [3.8, 4) is 0 Å². The first kappa shape index (κ1) is 18.9. The summed E-state index contributed by atoms with van der Waals surface area (Å²) in [6, 6.07) is 6.83. The second-order valence-electron chi connectivity index (χ2n) is 6.27. The van der Waals surface area contributed by atoms with Gasteiger partial charge < -0.3 is 10.6 Å². The lowest BCUT2D eigenvalue weighted by atomic mass is 10.1. The van der Waals surface area contributed by atoms with Gasteiger partial charge in [-0.1, -0.05) is 31.5 Å². The summed E-state index contributed by atoms with van der Waals surface area (Å²) in [6.07, 6.45) is 3.78. The zero-order chi connectivity index (χ0) is 18.4. The van der Waals surface area contributed by atoms with Crippen molar-refractivity contribution in [2.45, 2.75) is 27.2 Å². The van der Waals surface area contributed by atoms with Crippen molar-refractivity contribution >= 4 is 29.1 Å². The van der Waals surface area contributed by atoms with Crippen LogP contribution in [0.25, 0.3) is 0 Å². The predicted octanol–water partition coefficient (Wildman–Crippen LogP) is 4.07. The highest BCUT2D eigenvalue weighted by atomic mass is 35.5. The Morgan fingerprint density at radius 1 is 1.16 bits per heavy atom. The lowest BCUT2D eigenvalue weighted by Gasteiger charge is -2.10. The zero-order valence-corrected chi connectivity index (χ0v) is 15.4. The molecule has 0 radical (unpaired) electrons. The summed E-state index contributed by atoms with van der Waals surface area (Å²) in [5, 5.41) is 6.21. The number of nitrogens with zero attached hydrogens (tertiary/aromatic N) is 1. The first-order valence-corrected chi connectivity index (χ1v) is 8.56. The van der Waals surface area contributed by atoms with Gasteiger partial charge in [0.05, 0.1) is 11.1 Å². The fraction of sp³-hybridized carbons (Fsp3) is 0.316. The third-order valence-corrected chi connectivity index (χ3v) is 4.20. The van der Waals surface area contributed by atoms with Gasteiger partial charge in [0.15, 0.2) is 0 Å². The van der Waals surface area contributed by atoms with Gasteiger partial charge in [-0.3, -0.25) is 14.6 Å². The fourth-order valence-corrected chi connectivity index (χ4v) is 2.38. The highest BCUT2D eigenvalue weighted by molar-refractivity contribution is 6.31. The second-order valence-corrected chi connectivity index (χ2v) is 6.67. The Morgan fingerprint density at radius 2 is 1.84 bits per heavy atom. The van der Waals surface area contributed by atoms with Crippen LogP contribution in [0.2, 0.25) is 5.02 Å². The molecule has 2 amide bonds. The Labute approximate surface area is 152 Å². The van der Waals surface area contributed by atoms with E-state index in [1.165, 1.54) is 18.5 Å². The number of nitrogens with one attached hydrogen (secondary N) is 2. The molecule has 0 aliphatic rings. The van der Waals surface area contributed by atoms with E-state index < -0.39 is 0 Å². The Hall–Kier alpha value is -2.40. The van der Waals surface area contributed by atoms with Crippen molar-refractivity contribution < 1.29 is 9.59 Å². The maximum Gasteiger partial charge on any atom is 0.257 e. The van der Waals surface area contributed by atoms with Crippen molar-refractivity contribution in [1.82, 2.24) is 10.3 Å². The molecular weight excluding hydrogens is 338 g/mol. The van der Waals surface area contributed by atoms with Crippen molar-refractivity contribution in [3.05, 3.63) is 58.4 Å². The summed E-state index contributed by atoms with van der Waals surface area (Å²) in [7, 11) is 0. The number of benzene rings is 1. The molecule has 2 aromatic rings. The summed E-state index contributed by atoms with van der Waals surface area (Å²) in [6.45, 7) is 6.61. The van der Waals surface area contributed by atoms with E-state index in [0.29, 0.717) is 34.3 Å². The molecule has 1 aromatic carbocycles. The van der Waals surface area contributed by atoms with E-state index in [4.69, 9.17) is 11.6 Å². The molecule has 0 aliphatic carbocycles. The van der Waals surface area contributed by atoms with Gasteiger partial charge in [-0.25, -0.2) is 0 Å². The number of hydrogen-bond acceptors (Lipinski definition) is 3. The highest BCUT2D eigenvalue weighted by Gasteiger charge is 2.13. The fourth-order valence-electron chi connectivity index (χ4n) is 2.20. The van der Waals surface area contributed by atoms with Gasteiger partial charge in [-0.2, -0.15) is 0 Å². The Kier molecular flexibility index (Phi) is 6.53. The first-order chi connectivity index (χ1) is 11.9. The standard InChI is InChI=1S/C19H22ClN3O2/c1-12(2)7-8-22-18(24)14-9-15(11-21-10-14)19(25)23-17-6-4-5-16(20)13(17)3/h4-6,9-12H,7-8H2,1-3H3,(H,22,24)(H,23,25). The maximum absolute atomic E-state index is 12.4. The van der Waals surface area contributed by atoms with Crippen molar-refractivity contribution in [2.75, 3.05) is 11.9 Å². The van der Waals surface area contributed by atoms with Gasteiger partial charge in [0.2, 0.25) is 0 Å². The van der Waals surface area contributed by atoms with E-state index in [1.807, 2.05) is 6.92 Å². The van der Waals surface area contributed by atoms with Crippen LogP contribution in [-0.2, 0) is 0 Å². The molecule has 0 saturated carbocycles. The van der Waals surface area contributed by atoms with E-state index in [1.54, 1.807) is 18.2 Å². The molecule has 1 heterocycles. The number of carbonyl (C=O) groups is 2. The molecule has 1 aromatic heterocycles. The molecule has 0 unspecified atom stereocenters. The molecule has 0 aliphatic heterocycles. The number of carbonyl (C=O) groups excluding carboxylic acids is 2. The number of halogens is 1. The van der Waals surface area contributed by atoms with E-state index >= 15 is 0 Å². The quantitative estimate of drug-likeness (QED) is 0.816. The molecule has 2 rings (SSSR count). The third kappa shape index (κ3) is 5.29. The van der Waals surface area contributed by atoms with Crippen LogP contribution < -0.4 is 10.6 Å². The minimum Gasteiger partial charge on any atom is -0.352 e. The van der Waals surface area contributed by atoms with E-state index in [2.05, 4.69) is 29.5 Å². The van der Waals surface area contributed by atoms with Crippen LogP contribution >= 0.6 is 11.6 Å². The monoisotopic (exact) mass is 359 g/mol. The molecule has 25 heavy (non-hydrogen) atoms. The van der Waals surface area contributed by atoms with Crippen LogP contribution in [0.15, 0.2) is 36.7 Å².